The maximum atomic E-state index is 13.5. The van der Waals surface area contributed by atoms with Crippen molar-refractivity contribution in [1.29, 1.82) is 0 Å². The molecule has 0 aliphatic carbocycles. The smallest absolute Gasteiger partial charge is 0.328 e. The largest absolute Gasteiger partial charge is 0.487 e. The Labute approximate surface area is 206 Å². The van der Waals surface area contributed by atoms with Gasteiger partial charge in [-0.25, -0.2) is 9.78 Å². The van der Waals surface area contributed by atoms with E-state index >= 15 is 0 Å². The second kappa shape index (κ2) is 10.3. The van der Waals surface area contributed by atoms with Crippen LogP contribution in [0.4, 0.5) is 0 Å². The van der Waals surface area contributed by atoms with Crippen LogP contribution in [0.2, 0.25) is 0 Å². The number of carbonyl (C=O) groups is 2. The molecule has 35 heavy (non-hydrogen) atoms. The van der Waals surface area contributed by atoms with Crippen molar-refractivity contribution >= 4 is 11.9 Å². The number of ether oxygens (including phenoxy) is 2. The van der Waals surface area contributed by atoms with Crippen LogP contribution in [0, 0.1) is 6.92 Å². The topological polar surface area (TPSA) is 81.9 Å². The molecular formula is C28H32N2O5. The normalized spacial score (nSPS) is 15.8. The van der Waals surface area contributed by atoms with Crippen molar-refractivity contribution < 1.29 is 23.5 Å². The Morgan fingerprint density at radius 2 is 1.91 bits per heavy atom. The lowest BCUT2D eigenvalue weighted by Gasteiger charge is -2.32. The van der Waals surface area contributed by atoms with Gasteiger partial charge in [-0.2, -0.15) is 0 Å². The fraction of sp³-hybridized carbons (Fsp3) is 0.393. The second-order valence-electron chi connectivity index (χ2n) is 9.24. The molecule has 7 heteroatoms. The number of aromatic nitrogens is 1. The summed E-state index contributed by atoms with van der Waals surface area (Å²) in [7, 11) is 0. The monoisotopic (exact) mass is 476 g/mol. The summed E-state index contributed by atoms with van der Waals surface area (Å²) >= 11 is 0. The molecule has 0 saturated carbocycles. The van der Waals surface area contributed by atoms with Gasteiger partial charge in [-0.15, -0.1) is 0 Å². The number of rotatable bonds is 8. The Bertz CT molecular complexity index is 1190. The molecule has 1 unspecified atom stereocenters. The molecule has 1 aliphatic heterocycles. The van der Waals surface area contributed by atoms with Crippen LogP contribution in [-0.4, -0.2) is 41.0 Å². The summed E-state index contributed by atoms with van der Waals surface area (Å²) in [6.45, 7) is 8.50. The van der Waals surface area contributed by atoms with Gasteiger partial charge in [-0.3, -0.25) is 4.79 Å². The number of nitrogens with zero attached hydrogens (tertiary/aromatic N) is 2. The molecule has 0 bridgehead atoms. The van der Waals surface area contributed by atoms with E-state index in [2.05, 4.69) is 4.98 Å². The molecule has 7 nitrogen and oxygen atoms in total. The van der Waals surface area contributed by atoms with E-state index < -0.39 is 11.5 Å². The third kappa shape index (κ3) is 5.24. The fourth-order valence-electron chi connectivity index (χ4n) is 4.37. The highest BCUT2D eigenvalue weighted by Gasteiger charge is 2.42. The third-order valence-corrected chi connectivity index (χ3v) is 6.45. The summed E-state index contributed by atoms with van der Waals surface area (Å²) in [4.78, 5) is 32.1. The van der Waals surface area contributed by atoms with E-state index in [1.807, 2.05) is 75.4 Å². The average Bonchev–Trinajstić information content (AvgIpc) is 3.50. The number of oxazole rings is 1. The zero-order chi connectivity index (χ0) is 25.0. The van der Waals surface area contributed by atoms with Gasteiger partial charge in [-0.1, -0.05) is 30.3 Å². The van der Waals surface area contributed by atoms with Crippen LogP contribution in [0.25, 0.3) is 11.5 Å². The number of aryl methyl sites for hydroxylation is 1. The van der Waals surface area contributed by atoms with Gasteiger partial charge >= 0.3 is 5.97 Å². The highest BCUT2D eigenvalue weighted by Crippen LogP contribution is 2.32. The third-order valence-electron chi connectivity index (χ3n) is 6.45. The highest BCUT2D eigenvalue weighted by molar-refractivity contribution is 5.91. The second-order valence-corrected chi connectivity index (χ2v) is 9.24. The molecule has 184 valence electrons. The van der Waals surface area contributed by atoms with E-state index in [4.69, 9.17) is 13.9 Å². The molecule has 2 aromatic carbocycles. The zero-order valence-corrected chi connectivity index (χ0v) is 20.7. The van der Waals surface area contributed by atoms with Crippen molar-refractivity contribution in [3.05, 3.63) is 71.6 Å². The number of esters is 1. The van der Waals surface area contributed by atoms with Gasteiger partial charge in [0.1, 0.15) is 29.9 Å². The summed E-state index contributed by atoms with van der Waals surface area (Å²) in [6.07, 6.45) is 1.42. The summed E-state index contributed by atoms with van der Waals surface area (Å²) in [5.74, 6) is 1.48. The van der Waals surface area contributed by atoms with Crippen LogP contribution >= 0.6 is 0 Å². The number of benzene rings is 2. The molecule has 3 aromatic rings. The van der Waals surface area contributed by atoms with Crippen LogP contribution in [0.15, 0.2) is 59.0 Å². The Kier molecular flexibility index (Phi) is 7.24. The maximum Gasteiger partial charge on any atom is 0.328 e. The summed E-state index contributed by atoms with van der Waals surface area (Å²) in [6, 6.07) is 16.7. The SMILES string of the molecule is CCOC(=O)C1CCCN1C(=O)C(C)(C)c1cccc(OCc2nc(-c3ccccc3)oc2C)c1. The molecule has 1 amide bonds. The van der Waals surface area contributed by atoms with Crippen molar-refractivity contribution in [3.63, 3.8) is 0 Å². The van der Waals surface area contributed by atoms with Gasteiger partial charge in [-0.05, 0) is 70.4 Å². The predicted octanol–water partition coefficient (Wildman–Crippen LogP) is 5.06. The lowest BCUT2D eigenvalue weighted by atomic mass is 9.83. The number of hydrogen-bond acceptors (Lipinski definition) is 6. The first-order chi connectivity index (χ1) is 16.8. The van der Waals surface area contributed by atoms with Crippen LogP contribution in [-0.2, 0) is 26.3 Å². The minimum absolute atomic E-state index is 0.0925. The van der Waals surface area contributed by atoms with E-state index in [9.17, 15) is 9.59 Å². The summed E-state index contributed by atoms with van der Waals surface area (Å²) in [5, 5.41) is 0. The molecule has 2 heterocycles. The number of likely N-dealkylation sites (tertiary alicyclic amines) is 1. The predicted molar refractivity (Wildman–Crippen MR) is 132 cm³/mol. The van der Waals surface area contributed by atoms with Gasteiger partial charge in [0, 0.05) is 12.1 Å². The van der Waals surface area contributed by atoms with Crippen molar-refractivity contribution in [2.24, 2.45) is 0 Å². The molecule has 1 fully saturated rings. The van der Waals surface area contributed by atoms with E-state index in [-0.39, 0.29) is 18.5 Å². The van der Waals surface area contributed by atoms with Crippen LogP contribution in [0.1, 0.15) is 50.6 Å². The molecule has 1 aliphatic rings. The van der Waals surface area contributed by atoms with Crippen LogP contribution in [0.3, 0.4) is 0 Å². The molecule has 1 saturated heterocycles. The first kappa shape index (κ1) is 24.5. The number of hydrogen-bond donors (Lipinski definition) is 0. The molecule has 1 atom stereocenters. The maximum absolute atomic E-state index is 13.5. The Hall–Kier alpha value is -3.61. The average molecular weight is 477 g/mol. The van der Waals surface area contributed by atoms with Gasteiger partial charge in [0.05, 0.1) is 12.0 Å². The van der Waals surface area contributed by atoms with Crippen LogP contribution < -0.4 is 4.74 Å². The van der Waals surface area contributed by atoms with Gasteiger partial charge in [0.15, 0.2) is 0 Å². The van der Waals surface area contributed by atoms with Crippen LogP contribution in [0.5, 0.6) is 5.75 Å². The van der Waals surface area contributed by atoms with Crippen molar-refractivity contribution in [2.45, 2.75) is 58.6 Å². The summed E-state index contributed by atoms with van der Waals surface area (Å²) in [5.41, 5.74) is 1.61. The van der Waals surface area contributed by atoms with E-state index in [0.717, 1.165) is 23.2 Å². The summed E-state index contributed by atoms with van der Waals surface area (Å²) < 4.78 is 17.0. The quantitative estimate of drug-likeness (QED) is 0.423. The first-order valence-electron chi connectivity index (χ1n) is 12.0. The molecule has 0 radical (unpaired) electrons. The van der Waals surface area contributed by atoms with Crippen molar-refractivity contribution in [3.8, 4) is 17.2 Å². The lowest BCUT2D eigenvalue weighted by Crippen LogP contribution is -2.48. The van der Waals surface area contributed by atoms with Crippen molar-refractivity contribution in [1.82, 2.24) is 9.88 Å². The molecular weight excluding hydrogens is 444 g/mol. The first-order valence-corrected chi connectivity index (χ1v) is 12.0. The molecule has 4 rings (SSSR count). The highest BCUT2D eigenvalue weighted by atomic mass is 16.5. The number of amides is 1. The molecule has 0 N–H and O–H groups in total. The van der Waals surface area contributed by atoms with Gasteiger partial charge in [0.2, 0.25) is 11.8 Å². The zero-order valence-electron chi connectivity index (χ0n) is 20.7. The number of carbonyl (C=O) groups excluding carboxylic acids is 2. The Morgan fingerprint density at radius 3 is 2.66 bits per heavy atom. The standard InChI is InChI=1S/C28H32N2O5/c1-5-33-26(31)24-15-10-16-30(24)27(32)28(3,4)21-13-9-14-22(17-21)34-18-23-19(2)35-25(29-23)20-11-7-6-8-12-20/h6-9,11-14,17,24H,5,10,15-16,18H2,1-4H3. The molecule has 0 spiro atoms. The van der Waals surface area contributed by atoms with Gasteiger partial charge < -0.3 is 18.8 Å². The van der Waals surface area contributed by atoms with Crippen molar-refractivity contribution in [2.75, 3.05) is 13.2 Å². The minimum Gasteiger partial charge on any atom is -0.487 e. The molecule has 1 aromatic heterocycles. The van der Waals surface area contributed by atoms with E-state index in [1.54, 1.807) is 11.8 Å². The Balaban J connectivity index is 1.47. The fourth-order valence-corrected chi connectivity index (χ4v) is 4.37. The lowest BCUT2D eigenvalue weighted by molar-refractivity contribution is -0.154. The Morgan fingerprint density at radius 1 is 1.14 bits per heavy atom. The minimum atomic E-state index is -0.835. The van der Waals surface area contributed by atoms with Gasteiger partial charge in [0.25, 0.3) is 0 Å². The van der Waals surface area contributed by atoms with E-state index in [1.165, 1.54) is 0 Å². The van der Waals surface area contributed by atoms with E-state index in [0.29, 0.717) is 37.0 Å².